The molecule has 1 amide bonds. The number of phenols is 1. The van der Waals surface area contributed by atoms with Crippen LogP contribution in [0.1, 0.15) is 21.5 Å². The fourth-order valence-electron chi connectivity index (χ4n) is 3.97. The van der Waals surface area contributed by atoms with Gasteiger partial charge >= 0.3 is 6.18 Å². The van der Waals surface area contributed by atoms with Crippen molar-refractivity contribution in [2.75, 3.05) is 10.6 Å². The van der Waals surface area contributed by atoms with E-state index in [0.29, 0.717) is 17.0 Å². The summed E-state index contributed by atoms with van der Waals surface area (Å²) in [7, 11) is 0. The number of nitrogens with zero attached hydrogens (tertiary/aromatic N) is 1. The lowest BCUT2D eigenvalue weighted by atomic mass is 10.1. The number of rotatable bonds is 5. The number of aromatic hydroxyl groups is 1. The number of alkyl halides is 3. The van der Waals surface area contributed by atoms with Crippen LogP contribution in [-0.2, 0) is 6.18 Å². The van der Waals surface area contributed by atoms with Gasteiger partial charge in [-0.25, -0.2) is 4.98 Å². The lowest BCUT2D eigenvalue weighted by Gasteiger charge is -2.14. The molecule has 0 spiro atoms. The standard InChI is InChI=1S/C28H21F3N4O2/c1-16-8-9-18(27(37)33-20-6-3-5-19(14-20)28(29,30)31)13-23(16)34-25-15-24(17-4-2-7-21(36)12-17)35-26-22(25)10-11-32-26/h2-15,36H,1H3,(H,33,37)(H2,32,34,35). The number of benzene rings is 3. The number of carbonyl (C=O) groups is 1. The van der Waals surface area contributed by atoms with Crippen LogP contribution in [0, 0.1) is 6.92 Å². The van der Waals surface area contributed by atoms with Gasteiger partial charge in [0.1, 0.15) is 11.4 Å². The van der Waals surface area contributed by atoms with E-state index in [0.717, 1.165) is 34.3 Å². The van der Waals surface area contributed by atoms with Gasteiger partial charge in [0.05, 0.1) is 16.9 Å². The summed E-state index contributed by atoms with van der Waals surface area (Å²) in [6, 6.07) is 20.0. The van der Waals surface area contributed by atoms with E-state index in [2.05, 4.69) is 20.6 Å². The summed E-state index contributed by atoms with van der Waals surface area (Å²) in [5.41, 5.74) is 3.71. The minimum Gasteiger partial charge on any atom is -0.508 e. The van der Waals surface area contributed by atoms with Crippen molar-refractivity contribution in [3.8, 4) is 17.0 Å². The Bertz CT molecular complexity index is 1630. The van der Waals surface area contributed by atoms with E-state index in [4.69, 9.17) is 0 Å². The molecule has 2 aromatic heterocycles. The molecule has 5 rings (SSSR count). The summed E-state index contributed by atoms with van der Waals surface area (Å²) < 4.78 is 39.1. The molecule has 5 aromatic rings. The summed E-state index contributed by atoms with van der Waals surface area (Å²) in [6.45, 7) is 1.88. The van der Waals surface area contributed by atoms with Crippen molar-refractivity contribution < 1.29 is 23.1 Å². The number of hydrogen-bond donors (Lipinski definition) is 4. The van der Waals surface area contributed by atoms with Crippen molar-refractivity contribution in [3.63, 3.8) is 0 Å². The minimum atomic E-state index is -4.51. The van der Waals surface area contributed by atoms with E-state index < -0.39 is 17.6 Å². The topological polar surface area (TPSA) is 90.0 Å². The van der Waals surface area contributed by atoms with Crippen molar-refractivity contribution in [3.05, 3.63) is 102 Å². The largest absolute Gasteiger partial charge is 0.508 e. The molecule has 0 radical (unpaired) electrons. The minimum absolute atomic E-state index is 0.0498. The second-order valence-corrected chi connectivity index (χ2v) is 8.53. The van der Waals surface area contributed by atoms with Gasteiger partial charge in [-0.3, -0.25) is 4.79 Å². The van der Waals surface area contributed by atoms with Crippen LogP contribution in [0.2, 0.25) is 0 Å². The first kappa shape index (κ1) is 23.9. The summed E-state index contributed by atoms with van der Waals surface area (Å²) in [5, 5.41) is 16.6. The van der Waals surface area contributed by atoms with E-state index in [9.17, 15) is 23.1 Å². The number of anilines is 3. The lowest BCUT2D eigenvalue weighted by Crippen LogP contribution is -2.13. The zero-order valence-corrected chi connectivity index (χ0v) is 19.5. The third-order valence-corrected chi connectivity index (χ3v) is 5.89. The van der Waals surface area contributed by atoms with Gasteiger partial charge in [-0.05, 0) is 67.1 Å². The first-order valence-corrected chi connectivity index (χ1v) is 11.3. The van der Waals surface area contributed by atoms with E-state index in [1.54, 1.807) is 42.6 Å². The number of phenolic OH excluding ortho intramolecular Hbond substituents is 1. The molecule has 3 aromatic carbocycles. The number of amides is 1. The quantitative estimate of drug-likeness (QED) is 0.204. The molecule has 0 aliphatic carbocycles. The molecule has 0 aliphatic heterocycles. The summed E-state index contributed by atoms with van der Waals surface area (Å²) >= 11 is 0. The van der Waals surface area contributed by atoms with Crippen LogP contribution in [0.3, 0.4) is 0 Å². The van der Waals surface area contributed by atoms with E-state index in [1.165, 1.54) is 12.1 Å². The highest BCUT2D eigenvalue weighted by Gasteiger charge is 2.30. The number of pyridine rings is 1. The highest BCUT2D eigenvalue weighted by atomic mass is 19.4. The first-order chi connectivity index (χ1) is 17.7. The Kier molecular flexibility index (Phi) is 6.04. The van der Waals surface area contributed by atoms with Crippen LogP contribution in [0.25, 0.3) is 22.3 Å². The number of hydrogen-bond acceptors (Lipinski definition) is 4. The molecule has 0 saturated heterocycles. The molecule has 0 fully saturated rings. The van der Waals surface area contributed by atoms with E-state index >= 15 is 0 Å². The maximum atomic E-state index is 13.0. The average Bonchev–Trinajstić information content (AvgIpc) is 3.34. The van der Waals surface area contributed by atoms with Crippen LogP contribution < -0.4 is 10.6 Å². The van der Waals surface area contributed by atoms with Crippen molar-refractivity contribution >= 4 is 34.0 Å². The number of aromatic amines is 1. The van der Waals surface area contributed by atoms with Crippen LogP contribution in [0.15, 0.2) is 85.1 Å². The van der Waals surface area contributed by atoms with Crippen LogP contribution >= 0.6 is 0 Å². The van der Waals surface area contributed by atoms with E-state index in [-0.39, 0.29) is 17.0 Å². The number of H-pyrrole nitrogens is 1. The van der Waals surface area contributed by atoms with Gasteiger partial charge in [0.25, 0.3) is 5.91 Å². The Morgan fingerprint density at radius 1 is 0.946 bits per heavy atom. The van der Waals surface area contributed by atoms with Crippen LogP contribution in [0.4, 0.5) is 30.2 Å². The van der Waals surface area contributed by atoms with Crippen molar-refractivity contribution in [2.24, 2.45) is 0 Å². The van der Waals surface area contributed by atoms with Gasteiger partial charge in [0.2, 0.25) is 0 Å². The highest BCUT2D eigenvalue weighted by Crippen LogP contribution is 2.33. The van der Waals surface area contributed by atoms with Crippen molar-refractivity contribution in [1.82, 2.24) is 9.97 Å². The maximum absolute atomic E-state index is 13.0. The van der Waals surface area contributed by atoms with Gasteiger partial charge in [-0.15, -0.1) is 0 Å². The highest BCUT2D eigenvalue weighted by molar-refractivity contribution is 6.05. The number of halogens is 3. The number of aryl methyl sites for hydroxylation is 1. The van der Waals surface area contributed by atoms with Gasteiger partial charge < -0.3 is 20.7 Å². The molecular formula is C28H21F3N4O2. The second kappa shape index (κ2) is 9.34. The molecule has 0 atom stereocenters. The molecule has 9 heteroatoms. The summed E-state index contributed by atoms with van der Waals surface area (Å²) in [4.78, 5) is 20.6. The maximum Gasteiger partial charge on any atom is 0.416 e. The normalized spacial score (nSPS) is 11.5. The molecular weight excluding hydrogens is 481 g/mol. The van der Waals surface area contributed by atoms with Crippen molar-refractivity contribution in [2.45, 2.75) is 13.1 Å². The fraction of sp³-hybridized carbons (Fsp3) is 0.0714. The number of aromatic nitrogens is 2. The van der Waals surface area contributed by atoms with Gasteiger partial charge in [-0.1, -0.05) is 24.3 Å². The molecule has 4 N–H and O–H groups in total. The Morgan fingerprint density at radius 2 is 1.76 bits per heavy atom. The molecule has 0 bridgehead atoms. The third-order valence-electron chi connectivity index (χ3n) is 5.89. The molecule has 6 nitrogen and oxygen atoms in total. The number of fused-ring (bicyclic) bond motifs is 1. The average molecular weight is 502 g/mol. The Balaban J connectivity index is 1.46. The summed E-state index contributed by atoms with van der Waals surface area (Å²) in [6.07, 6.45) is -2.74. The lowest BCUT2D eigenvalue weighted by molar-refractivity contribution is -0.137. The molecule has 37 heavy (non-hydrogen) atoms. The SMILES string of the molecule is Cc1ccc(C(=O)Nc2cccc(C(F)(F)F)c2)cc1Nc1cc(-c2cccc(O)c2)nc2[nH]ccc12. The Labute approximate surface area is 209 Å². The molecule has 186 valence electrons. The predicted octanol–water partition coefficient (Wildman–Crippen LogP) is 7.26. The predicted molar refractivity (Wildman–Crippen MR) is 137 cm³/mol. The molecule has 2 heterocycles. The van der Waals surface area contributed by atoms with Crippen LogP contribution in [-0.4, -0.2) is 21.0 Å². The molecule has 0 unspecified atom stereocenters. The van der Waals surface area contributed by atoms with Crippen molar-refractivity contribution in [1.29, 1.82) is 0 Å². The molecule has 0 aliphatic rings. The second-order valence-electron chi connectivity index (χ2n) is 8.53. The molecule has 0 saturated carbocycles. The fourth-order valence-corrected chi connectivity index (χ4v) is 3.97. The van der Waals surface area contributed by atoms with Gasteiger partial charge in [-0.2, -0.15) is 13.2 Å². The van der Waals surface area contributed by atoms with Gasteiger partial charge in [0.15, 0.2) is 0 Å². The Morgan fingerprint density at radius 3 is 2.54 bits per heavy atom. The Hall–Kier alpha value is -4.79. The summed E-state index contributed by atoms with van der Waals surface area (Å²) in [5.74, 6) is -0.417. The van der Waals surface area contributed by atoms with Crippen LogP contribution in [0.5, 0.6) is 5.75 Å². The zero-order valence-electron chi connectivity index (χ0n) is 19.5. The monoisotopic (exact) mass is 502 g/mol. The smallest absolute Gasteiger partial charge is 0.416 e. The number of nitrogens with one attached hydrogen (secondary N) is 3. The first-order valence-electron chi connectivity index (χ1n) is 11.3. The number of carbonyl (C=O) groups excluding carboxylic acids is 1. The zero-order chi connectivity index (χ0) is 26.2. The van der Waals surface area contributed by atoms with E-state index in [1.807, 2.05) is 25.1 Å². The third kappa shape index (κ3) is 5.11. The van der Waals surface area contributed by atoms with Gasteiger partial charge in [0, 0.05) is 34.1 Å².